The van der Waals surface area contributed by atoms with Crippen LogP contribution in [0.3, 0.4) is 0 Å². The van der Waals surface area contributed by atoms with Crippen LogP contribution in [0.25, 0.3) is 0 Å². The van der Waals surface area contributed by atoms with E-state index in [1.54, 1.807) is 0 Å². The highest BCUT2D eigenvalue weighted by Crippen LogP contribution is 2.15. The molecule has 9 heavy (non-hydrogen) atoms. The first-order valence-electron chi connectivity index (χ1n) is 3.32. The highest BCUT2D eigenvalue weighted by molar-refractivity contribution is 7.99. The number of nitrogens with two attached hydrogens (primary N) is 1. The predicted octanol–water partition coefficient (Wildman–Crippen LogP) is 0.202. The van der Waals surface area contributed by atoms with Crippen LogP contribution in [0.2, 0.25) is 0 Å². The Morgan fingerprint density at radius 2 is 2.33 bits per heavy atom. The van der Waals surface area contributed by atoms with Crippen molar-refractivity contribution in [1.29, 1.82) is 0 Å². The summed E-state index contributed by atoms with van der Waals surface area (Å²) in [4.78, 5) is 0. The molecule has 0 unspecified atom stereocenters. The van der Waals surface area contributed by atoms with Crippen molar-refractivity contribution in [3.63, 3.8) is 0 Å². The van der Waals surface area contributed by atoms with Crippen LogP contribution >= 0.6 is 11.8 Å². The van der Waals surface area contributed by atoms with Gasteiger partial charge in [-0.3, -0.25) is 0 Å². The lowest BCUT2D eigenvalue weighted by Crippen LogP contribution is -2.35. The molecule has 1 saturated heterocycles. The third-order valence-corrected chi connectivity index (χ3v) is 2.79. The summed E-state index contributed by atoms with van der Waals surface area (Å²) in [6.45, 7) is 0. The minimum Gasteiger partial charge on any atom is -0.391 e. The number of aliphatic hydroxyl groups excluding tert-OH is 1. The second-order valence-corrected chi connectivity index (χ2v) is 3.60. The Balaban J connectivity index is 2.32. The molecule has 0 spiro atoms. The lowest BCUT2D eigenvalue weighted by atomic mass is 10.1. The SMILES string of the molecule is N[C@@H]1CSCCC[C@H]1O. The Kier molecular flexibility index (Phi) is 2.82. The van der Waals surface area contributed by atoms with Gasteiger partial charge in [-0.15, -0.1) is 0 Å². The summed E-state index contributed by atoms with van der Waals surface area (Å²) in [5.74, 6) is 2.08. The number of hydrogen-bond donors (Lipinski definition) is 2. The Morgan fingerprint density at radius 3 is 3.11 bits per heavy atom. The van der Waals surface area contributed by atoms with Crippen molar-refractivity contribution in [2.24, 2.45) is 5.73 Å². The first-order valence-corrected chi connectivity index (χ1v) is 4.47. The van der Waals surface area contributed by atoms with Gasteiger partial charge in [-0.25, -0.2) is 0 Å². The number of thioether (sulfide) groups is 1. The molecule has 0 saturated carbocycles. The van der Waals surface area contributed by atoms with Gasteiger partial charge in [0.1, 0.15) is 0 Å². The van der Waals surface area contributed by atoms with E-state index in [4.69, 9.17) is 5.73 Å². The molecule has 1 fully saturated rings. The largest absolute Gasteiger partial charge is 0.391 e. The zero-order valence-electron chi connectivity index (χ0n) is 5.42. The fraction of sp³-hybridized carbons (Fsp3) is 1.00. The van der Waals surface area contributed by atoms with Crippen LogP contribution in [0.5, 0.6) is 0 Å². The fourth-order valence-corrected chi connectivity index (χ4v) is 1.97. The molecule has 3 N–H and O–H groups in total. The minimum atomic E-state index is -0.250. The zero-order valence-corrected chi connectivity index (χ0v) is 6.23. The molecule has 54 valence electrons. The van der Waals surface area contributed by atoms with E-state index in [0.29, 0.717) is 0 Å². The van der Waals surface area contributed by atoms with Crippen molar-refractivity contribution in [2.75, 3.05) is 11.5 Å². The van der Waals surface area contributed by atoms with Gasteiger partial charge in [0.15, 0.2) is 0 Å². The Labute approximate surface area is 59.8 Å². The third-order valence-electron chi connectivity index (χ3n) is 1.59. The second kappa shape index (κ2) is 3.44. The quantitative estimate of drug-likeness (QED) is 0.514. The molecular weight excluding hydrogens is 134 g/mol. The van der Waals surface area contributed by atoms with Crippen molar-refractivity contribution in [2.45, 2.75) is 25.0 Å². The van der Waals surface area contributed by atoms with Crippen LogP contribution < -0.4 is 5.73 Å². The lowest BCUT2D eigenvalue weighted by molar-refractivity contribution is 0.144. The van der Waals surface area contributed by atoms with Crippen LogP contribution in [-0.4, -0.2) is 28.8 Å². The molecule has 1 aliphatic rings. The number of aliphatic hydroxyl groups is 1. The molecule has 0 bridgehead atoms. The van der Waals surface area contributed by atoms with Crippen molar-refractivity contribution in [1.82, 2.24) is 0 Å². The number of hydrogen-bond acceptors (Lipinski definition) is 3. The summed E-state index contributed by atoms with van der Waals surface area (Å²) in [6, 6.07) is 0.0116. The molecule has 2 nitrogen and oxygen atoms in total. The van der Waals surface area contributed by atoms with E-state index in [0.717, 1.165) is 24.3 Å². The normalized spacial score (nSPS) is 38.0. The molecule has 0 aromatic rings. The summed E-state index contributed by atoms with van der Waals surface area (Å²) in [7, 11) is 0. The maximum Gasteiger partial charge on any atom is 0.0699 e. The Bertz CT molecular complexity index is 79.1. The van der Waals surface area contributed by atoms with Gasteiger partial charge in [0.25, 0.3) is 0 Å². The number of rotatable bonds is 0. The topological polar surface area (TPSA) is 46.2 Å². The molecule has 0 amide bonds. The van der Waals surface area contributed by atoms with Gasteiger partial charge in [-0.05, 0) is 18.6 Å². The van der Waals surface area contributed by atoms with Crippen LogP contribution in [0, 0.1) is 0 Å². The third kappa shape index (κ3) is 2.16. The van der Waals surface area contributed by atoms with Crippen molar-refractivity contribution < 1.29 is 5.11 Å². The molecule has 0 aromatic heterocycles. The first-order chi connectivity index (χ1) is 4.30. The van der Waals surface area contributed by atoms with E-state index < -0.39 is 0 Å². The smallest absolute Gasteiger partial charge is 0.0699 e. The van der Waals surface area contributed by atoms with E-state index in [9.17, 15) is 5.11 Å². The van der Waals surface area contributed by atoms with E-state index >= 15 is 0 Å². The maximum absolute atomic E-state index is 9.22. The monoisotopic (exact) mass is 147 g/mol. The minimum absolute atomic E-state index is 0.0116. The lowest BCUT2D eigenvalue weighted by Gasteiger charge is -2.13. The maximum atomic E-state index is 9.22. The summed E-state index contributed by atoms with van der Waals surface area (Å²) in [6.07, 6.45) is 1.74. The highest BCUT2D eigenvalue weighted by atomic mass is 32.2. The van der Waals surface area contributed by atoms with Crippen LogP contribution in [-0.2, 0) is 0 Å². The predicted molar refractivity (Wildman–Crippen MR) is 40.5 cm³/mol. The summed E-state index contributed by atoms with van der Waals surface area (Å²) in [5, 5.41) is 9.22. The summed E-state index contributed by atoms with van der Waals surface area (Å²) >= 11 is 1.84. The average molecular weight is 147 g/mol. The van der Waals surface area contributed by atoms with E-state index in [1.165, 1.54) is 0 Å². The Morgan fingerprint density at radius 1 is 1.56 bits per heavy atom. The van der Waals surface area contributed by atoms with Crippen molar-refractivity contribution in [3.8, 4) is 0 Å². The van der Waals surface area contributed by atoms with Gasteiger partial charge in [-0.1, -0.05) is 0 Å². The molecule has 2 atom stereocenters. The molecule has 3 heteroatoms. The molecule has 0 aromatic carbocycles. The van der Waals surface area contributed by atoms with Crippen molar-refractivity contribution in [3.05, 3.63) is 0 Å². The molecule has 1 rings (SSSR count). The van der Waals surface area contributed by atoms with Crippen molar-refractivity contribution >= 4 is 11.8 Å². The van der Waals surface area contributed by atoms with Gasteiger partial charge < -0.3 is 10.8 Å². The van der Waals surface area contributed by atoms with E-state index in [2.05, 4.69) is 0 Å². The van der Waals surface area contributed by atoms with Crippen LogP contribution in [0.15, 0.2) is 0 Å². The van der Waals surface area contributed by atoms with Crippen LogP contribution in [0.4, 0.5) is 0 Å². The zero-order chi connectivity index (χ0) is 6.69. The average Bonchev–Trinajstić information content (AvgIpc) is 1.99. The van der Waals surface area contributed by atoms with Gasteiger partial charge in [0, 0.05) is 11.8 Å². The van der Waals surface area contributed by atoms with Gasteiger partial charge in [-0.2, -0.15) is 11.8 Å². The van der Waals surface area contributed by atoms with E-state index in [1.807, 2.05) is 11.8 Å². The Hall–Kier alpha value is 0.270. The molecule has 0 radical (unpaired) electrons. The second-order valence-electron chi connectivity index (χ2n) is 2.45. The molecule has 0 aliphatic carbocycles. The van der Waals surface area contributed by atoms with Gasteiger partial charge in [0.2, 0.25) is 0 Å². The van der Waals surface area contributed by atoms with Crippen LogP contribution in [0.1, 0.15) is 12.8 Å². The van der Waals surface area contributed by atoms with E-state index in [-0.39, 0.29) is 12.1 Å². The molecule has 1 heterocycles. The van der Waals surface area contributed by atoms with Gasteiger partial charge in [0.05, 0.1) is 6.10 Å². The molecular formula is C6H13NOS. The summed E-state index contributed by atoms with van der Waals surface area (Å²) < 4.78 is 0. The standard InChI is InChI=1S/C6H13NOS/c7-5-4-9-3-1-2-6(5)8/h5-6,8H,1-4,7H2/t5-,6-/m1/s1. The summed E-state index contributed by atoms with van der Waals surface area (Å²) in [5.41, 5.74) is 5.61. The molecule has 1 aliphatic heterocycles. The van der Waals surface area contributed by atoms with Gasteiger partial charge >= 0.3 is 0 Å². The fourth-order valence-electron chi connectivity index (χ4n) is 0.939. The highest BCUT2D eigenvalue weighted by Gasteiger charge is 2.16. The first kappa shape index (κ1) is 7.38.